The monoisotopic (exact) mass is 312 g/mol. The fraction of sp³-hybridized carbons (Fsp3) is 0.294. The molecule has 0 radical (unpaired) electrons. The van der Waals surface area contributed by atoms with E-state index in [9.17, 15) is 0 Å². The van der Waals surface area contributed by atoms with Crippen molar-refractivity contribution in [3.05, 3.63) is 58.3 Å². The maximum Gasteiger partial charge on any atom is 0.125 e. The minimum Gasteiger partial charge on any atom is -0.361 e. The van der Waals surface area contributed by atoms with Crippen molar-refractivity contribution in [1.29, 1.82) is 0 Å². The molecule has 3 aromatic rings. The van der Waals surface area contributed by atoms with E-state index in [1.165, 1.54) is 22.2 Å². The number of benzene rings is 1. The fourth-order valence-electron chi connectivity index (χ4n) is 3.13. The van der Waals surface area contributed by atoms with Crippen LogP contribution in [0.25, 0.3) is 10.9 Å². The molecule has 0 fully saturated rings. The highest BCUT2D eigenvalue weighted by Crippen LogP contribution is 2.25. The van der Waals surface area contributed by atoms with Gasteiger partial charge in [-0.3, -0.25) is 4.90 Å². The molecule has 5 heteroatoms. The van der Waals surface area contributed by atoms with Crippen molar-refractivity contribution >= 4 is 22.5 Å². The van der Waals surface area contributed by atoms with Gasteiger partial charge in [-0.2, -0.15) is 0 Å². The van der Waals surface area contributed by atoms with E-state index in [4.69, 9.17) is 11.6 Å². The smallest absolute Gasteiger partial charge is 0.125 e. The topological polar surface area (TPSA) is 44.8 Å². The predicted octanol–water partition coefficient (Wildman–Crippen LogP) is 3.48. The second-order valence-electron chi connectivity index (χ2n) is 5.85. The summed E-state index contributed by atoms with van der Waals surface area (Å²) in [6.45, 7) is 4.79. The summed E-state index contributed by atoms with van der Waals surface area (Å²) in [7, 11) is 0. The highest BCUT2D eigenvalue weighted by molar-refractivity contribution is 6.31. The number of halogens is 1. The molecule has 0 unspecified atom stereocenters. The Balaban J connectivity index is 1.59. The normalized spacial score (nSPS) is 15.2. The lowest BCUT2D eigenvalue weighted by Crippen LogP contribution is -2.30. The molecular weight excluding hydrogens is 296 g/mol. The minimum atomic E-state index is 0.779. The van der Waals surface area contributed by atoms with Crippen LogP contribution in [-0.4, -0.2) is 26.4 Å². The number of rotatable bonds is 2. The number of aromatic nitrogens is 3. The lowest BCUT2D eigenvalue weighted by molar-refractivity contribution is 0.243. The van der Waals surface area contributed by atoms with Crippen molar-refractivity contribution in [2.75, 3.05) is 6.54 Å². The van der Waals surface area contributed by atoms with Gasteiger partial charge in [-0.15, -0.1) is 0 Å². The molecule has 3 heterocycles. The van der Waals surface area contributed by atoms with Crippen LogP contribution in [0.4, 0.5) is 0 Å². The quantitative estimate of drug-likeness (QED) is 0.788. The number of aromatic amines is 1. The van der Waals surface area contributed by atoms with Crippen molar-refractivity contribution in [3.8, 4) is 0 Å². The van der Waals surface area contributed by atoms with Crippen LogP contribution in [0.2, 0.25) is 5.02 Å². The number of nitrogens with one attached hydrogen (secondary N) is 1. The van der Waals surface area contributed by atoms with Gasteiger partial charge in [-0.1, -0.05) is 11.6 Å². The average Bonchev–Trinajstić information content (AvgIpc) is 2.90. The summed E-state index contributed by atoms with van der Waals surface area (Å²) in [5.41, 5.74) is 4.87. The van der Waals surface area contributed by atoms with E-state index in [2.05, 4.69) is 26.0 Å². The van der Waals surface area contributed by atoms with Gasteiger partial charge in [0, 0.05) is 65.6 Å². The second kappa shape index (κ2) is 5.38. The van der Waals surface area contributed by atoms with Gasteiger partial charge in [-0.05, 0) is 30.7 Å². The molecule has 22 heavy (non-hydrogen) atoms. The molecule has 1 aliphatic rings. The zero-order chi connectivity index (χ0) is 15.1. The molecule has 2 aromatic heterocycles. The summed E-state index contributed by atoms with van der Waals surface area (Å²) in [6.07, 6.45) is 5.04. The first kappa shape index (κ1) is 13.7. The van der Waals surface area contributed by atoms with Crippen LogP contribution < -0.4 is 0 Å². The highest BCUT2D eigenvalue weighted by atomic mass is 35.5. The summed E-state index contributed by atoms with van der Waals surface area (Å²) < 4.78 is 0. The minimum absolute atomic E-state index is 0.779. The molecule has 112 valence electrons. The third-order valence-corrected chi connectivity index (χ3v) is 4.49. The molecule has 0 atom stereocenters. The predicted molar refractivity (Wildman–Crippen MR) is 87.9 cm³/mol. The number of hydrogen-bond donors (Lipinski definition) is 1. The average molecular weight is 313 g/mol. The molecule has 0 saturated carbocycles. The summed E-state index contributed by atoms with van der Waals surface area (Å²) in [4.78, 5) is 14.6. The zero-order valence-electron chi connectivity index (χ0n) is 12.4. The number of nitrogens with zero attached hydrogens (tertiary/aromatic N) is 3. The van der Waals surface area contributed by atoms with Crippen molar-refractivity contribution in [2.45, 2.75) is 26.4 Å². The van der Waals surface area contributed by atoms with E-state index in [1.54, 1.807) is 0 Å². The molecule has 1 N–H and O–H groups in total. The van der Waals surface area contributed by atoms with Gasteiger partial charge < -0.3 is 4.98 Å². The Kier molecular flexibility index (Phi) is 3.36. The number of aryl methyl sites for hydroxylation is 1. The molecule has 1 aliphatic heterocycles. The van der Waals surface area contributed by atoms with Gasteiger partial charge in [0.15, 0.2) is 0 Å². The Hall–Kier alpha value is -1.91. The summed E-state index contributed by atoms with van der Waals surface area (Å²) in [5.74, 6) is 0.860. The first-order valence-electron chi connectivity index (χ1n) is 7.48. The van der Waals surface area contributed by atoms with Crippen molar-refractivity contribution in [2.24, 2.45) is 0 Å². The Morgan fingerprint density at radius 3 is 3.18 bits per heavy atom. The molecule has 0 amide bonds. The molecular formula is C17H17ClN4. The van der Waals surface area contributed by atoms with Gasteiger partial charge >= 0.3 is 0 Å². The van der Waals surface area contributed by atoms with Crippen LogP contribution in [0.5, 0.6) is 0 Å². The molecule has 0 spiro atoms. The Bertz CT molecular complexity index is 840. The van der Waals surface area contributed by atoms with E-state index in [0.29, 0.717) is 0 Å². The molecule has 0 bridgehead atoms. The van der Waals surface area contributed by atoms with Crippen LogP contribution in [0.15, 0.2) is 30.6 Å². The van der Waals surface area contributed by atoms with Gasteiger partial charge in [-0.25, -0.2) is 9.97 Å². The van der Waals surface area contributed by atoms with Crippen molar-refractivity contribution in [1.82, 2.24) is 19.9 Å². The van der Waals surface area contributed by atoms with E-state index in [1.807, 2.05) is 31.3 Å². The van der Waals surface area contributed by atoms with Crippen molar-refractivity contribution in [3.63, 3.8) is 0 Å². The van der Waals surface area contributed by atoms with Crippen LogP contribution >= 0.6 is 11.6 Å². The second-order valence-corrected chi connectivity index (χ2v) is 6.29. The van der Waals surface area contributed by atoms with Crippen LogP contribution in [0.1, 0.15) is 22.6 Å². The molecule has 0 saturated heterocycles. The van der Waals surface area contributed by atoms with Gasteiger partial charge in [0.05, 0.1) is 0 Å². The zero-order valence-corrected chi connectivity index (χ0v) is 13.2. The lowest BCUT2D eigenvalue weighted by atomic mass is 10.1. The number of hydrogen-bond acceptors (Lipinski definition) is 3. The van der Waals surface area contributed by atoms with E-state index < -0.39 is 0 Å². The SMILES string of the molecule is Cc1ncc2c(n1)CCN(Cc1c[nH]c3ccc(Cl)cc13)C2. The first-order valence-corrected chi connectivity index (χ1v) is 7.86. The van der Waals surface area contributed by atoms with Gasteiger partial charge in [0.2, 0.25) is 0 Å². The Labute approximate surface area is 134 Å². The first-order chi connectivity index (χ1) is 10.7. The molecule has 4 nitrogen and oxygen atoms in total. The maximum atomic E-state index is 6.13. The number of H-pyrrole nitrogens is 1. The lowest BCUT2D eigenvalue weighted by Gasteiger charge is -2.27. The van der Waals surface area contributed by atoms with E-state index in [-0.39, 0.29) is 0 Å². The largest absolute Gasteiger partial charge is 0.361 e. The Morgan fingerprint density at radius 2 is 2.27 bits per heavy atom. The number of fused-ring (bicyclic) bond motifs is 2. The van der Waals surface area contributed by atoms with Gasteiger partial charge in [0.25, 0.3) is 0 Å². The van der Waals surface area contributed by atoms with E-state index >= 15 is 0 Å². The fourth-order valence-corrected chi connectivity index (χ4v) is 3.30. The third-order valence-electron chi connectivity index (χ3n) is 4.26. The summed E-state index contributed by atoms with van der Waals surface area (Å²) in [5, 5.41) is 1.99. The summed E-state index contributed by atoms with van der Waals surface area (Å²) >= 11 is 6.13. The standard InChI is InChI=1S/C17H17ClN4/c1-11-19-8-13-10-22(5-4-16(13)21-11)9-12-7-20-17-3-2-14(18)6-15(12)17/h2-3,6-8,20H,4-5,9-10H2,1H3. The molecule has 1 aromatic carbocycles. The molecule has 4 rings (SSSR count). The maximum absolute atomic E-state index is 6.13. The Morgan fingerprint density at radius 1 is 1.36 bits per heavy atom. The summed E-state index contributed by atoms with van der Waals surface area (Å²) in [6, 6.07) is 5.98. The highest BCUT2D eigenvalue weighted by Gasteiger charge is 2.19. The van der Waals surface area contributed by atoms with Crippen molar-refractivity contribution < 1.29 is 0 Å². The van der Waals surface area contributed by atoms with E-state index in [0.717, 1.165) is 42.4 Å². The molecule has 0 aliphatic carbocycles. The van der Waals surface area contributed by atoms with Gasteiger partial charge in [0.1, 0.15) is 5.82 Å². The third kappa shape index (κ3) is 2.49. The van der Waals surface area contributed by atoms with Crippen LogP contribution in [0, 0.1) is 6.92 Å². The van der Waals surface area contributed by atoms with Crippen LogP contribution in [0.3, 0.4) is 0 Å². The van der Waals surface area contributed by atoms with Crippen LogP contribution in [-0.2, 0) is 19.5 Å².